The molecule has 0 saturated carbocycles. The van der Waals surface area contributed by atoms with Crippen molar-refractivity contribution in [3.63, 3.8) is 0 Å². The predicted molar refractivity (Wildman–Crippen MR) is 442 cm³/mol. The fraction of sp³-hybridized carbons (Fsp3) is 0.744. The molecule has 20 amide bonds. The molecule has 14 atom stereocenters. The van der Waals surface area contributed by atoms with E-state index in [1.54, 1.807) is 4.90 Å². The lowest BCUT2D eigenvalue weighted by molar-refractivity contribution is -0.148. The van der Waals surface area contributed by atoms with Crippen molar-refractivity contribution in [3.05, 3.63) is 0 Å². The van der Waals surface area contributed by atoms with Gasteiger partial charge in [0, 0.05) is 84.3 Å². The van der Waals surface area contributed by atoms with E-state index < -0.39 is 236 Å². The van der Waals surface area contributed by atoms with E-state index in [2.05, 4.69) is 60.5 Å². The first-order valence-electron chi connectivity index (χ1n) is 45.0. The Labute approximate surface area is 734 Å². The van der Waals surface area contributed by atoms with Crippen LogP contribution in [-0.4, -0.2) is 409 Å². The van der Waals surface area contributed by atoms with Crippen molar-refractivity contribution in [1.82, 2.24) is 107 Å². The number of carbonyl (C=O) groups is 21. The summed E-state index contributed by atoms with van der Waals surface area (Å²) in [5.74, 6) is -12.2. The largest absolute Gasteiger partial charge is 0.480 e. The van der Waals surface area contributed by atoms with Gasteiger partial charge in [-0.15, -0.1) is 0 Å². The van der Waals surface area contributed by atoms with Crippen molar-refractivity contribution >= 4 is 137 Å². The lowest BCUT2D eigenvalue weighted by Gasteiger charge is -2.32. The number of aliphatic carboxylic acids is 1. The number of nitrogens with zero attached hydrogens (tertiary/aromatic N) is 12. The zero-order chi connectivity index (χ0) is 89.7. The molecule has 0 aromatic carbocycles. The lowest BCUT2D eigenvalue weighted by Crippen LogP contribution is -2.57. The Bertz CT molecular complexity index is 4250. The van der Waals surface area contributed by atoms with Gasteiger partial charge in [0.2, 0.25) is 118 Å². The molecule has 13 heterocycles. The molecule has 44 heteroatoms. The van der Waals surface area contributed by atoms with Crippen LogP contribution >= 0.6 is 12.6 Å². The average Bonchev–Trinajstić information content (AvgIpc) is 1.66. The first-order valence-corrected chi connectivity index (χ1v) is 45.7. The number of carboxylic acid groups (broad SMARTS) is 1. The van der Waals surface area contributed by atoms with Gasteiger partial charge in [0.15, 0.2) is 0 Å². The van der Waals surface area contributed by atoms with Gasteiger partial charge in [0.25, 0.3) is 0 Å². The van der Waals surface area contributed by atoms with Crippen LogP contribution in [0.3, 0.4) is 0 Å². The molecule has 13 saturated heterocycles. The highest BCUT2D eigenvalue weighted by molar-refractivity contribution is 7.80. The van der Waals surface area contributed by atoms with Crippen LogP contribution < -0.4 is 47.9 Å². The minimum atomic E-state index is -1.29. The molecule has 0 bridgehead atoms. The van der Waals surface area contributed by atoms with Crippen LogP contribution in [0.25, 0.3) is 0 Å². The van der Waals surface area contributed by atoms with Crippen molar-refractivity contribution in [3.8, 4) is 0 Å². The van der Waals surface area contributed by atoms with Crippen LogP contribution in [0.4, 0.5) is 0 Å². The van der Waals surface area contributed by atoms with E-state index in [1.165, 1.54) is 53.9 Å². The van der Waals surface area contributed by atoms with Gasteiger partial charge in [0.05, 0.1) is 45.3 Å². The first-order chi connectivity index (χ1) is 60.6. The second-order valence-corrected chi connectivity index (χ2v) is 35.3. The summed E-state index contributed by atoms with van der Waals surface area (Å²) < 4.78 is 0. The molecule has 43 nitrogen and oxygen atoms in total. The second kappa shape index (κ2) is 42.2. The Morgan fingerprint density at radius 2 is 0.460 bits per heavy atom. The van der Waals surface area contributed by atoms with Gasteiger partial charge in [-0.2, -0.15) is 12.6 Å². The Morgan fingerprint density at radius 1 is 0.254 bits per heavy atom. The number of thiol groups is 1. The summed E-state index contributed by atoms with van der Waals surface area (Å²) in [5, 5.41) is 33.0. The van der Waals surface area contributed by atoms with Crippen molar-refractivity contribution in [2.45, 2.75) is 252 Å². The standard InChI is InChI=1S/C82H119N21O22S/c104-62(41-85-71(114)51-16-4-35-99(51)79(122)59-24-11-31-95(59)65(107)44-88-73(116)53-18-6-37-101(53)80(123)58-23-10-30-94(58)64(106)42-86-70(113)50-15-3-34-98(50)77(120)48-14-1-27-83-48)92-28-2-21-56(92)76(119)91-49(47-126)69(112)84-40-63(105)93-29-9-22-57(93)78(121)100-36-5-17-52(100)72(115)87-43-66(108)96-32-12-25-60(96)81(124)102-38-7-19-54(102)74(117)89-45-67(109)97-33-13-26-61(97)82(125)103-39-8-20-55(103)75(118)90-46-68(110)111/h48-61,83,126H,1-47H2,(H,84,112)(H,85,114)(H,86,113)(H,87,115)(H,88,116)(H,89,117)(H,90,118)(H,91,119)(H,110,111)/t48-,49-,50-,51-,52-,53-,54-,55-,56-,57-,58-,59-,60-,61-/m0/s1. The van der Waals surface area contributed by atoms with Crippen LogP contribution in [0.15, 0.2) is 0 Å². The topological polar surface area (TPSA) is 526 Å². The van der Waals surface area contributed by atoms with Crippen LogP contribution in [-0.2, 0) is 101 Å². The molecule has 13 rings (SSSR count). The molecule has 0 aromatic heterocycles. The van der Waals surface area contributed by atoms with E-state index in [1.807, 2.05) is 0 Å². The molecule has 0 spiro atoms. The highest BCUT2D eigenvalue weighted by Gasteiger charge is 2.51. The average molecular weight is 1780 g/mol. The van der Waals surface area contributed by atoms with Gasteiger partial charge in [-0.25, -0.2) is 0 Å². The molecule has 0 aromatic rings. The quantitative estimate of drug-likeness (QED) is 0.0298. The van der Waals surface area contributed by atoms with Gasteiger partial charge >= 0.3 is 5.97 Å². The number of likely N-dealkylation sites (tertiary alicyclic amines) is 12. The summed E-state index contributed by atoms with van der Waals surface area (Å²) >= 11 is 4.31. The maximum absolute atomic E-state index is 14.4. The fourth-order valence-corrected chi connectivity index (χ4v) is 21.1. The van der Waals surface area contributed by atoms with E-state index in [0.29, 0.717) is 122 Å². The molecule has 13 fully saturated rings. The normalized spacial score (nSPS) is 27.3. The lowest BCUT2D eigenvalue weighted by atomic mass is 10.1. The monoisotopic (exact) mass is 1780 g/mol. The Kier molecular flexibility index (Phi) is 31.1. The number of carbonyl (C=O) groups excluding carboxylic acids is 20. The molecule has 10 N–H and O–H groups in total. The molecule has 13 aliphatic rings. The Morgan fingerprint density at radius 3 is 0.690 bits per heavy atom. The number of nitrogens with one attached hydrogen (secondary N) is 9. The molecule has 13 aliphatic heterocycles. The van der Waals surface area contributed by atoms with Gasteiger partial charge in [-0.3, -0.25) is 101 Å². The molecule has 126 heavy (non-hydrogen) atoms. The van der Waals surface area contributed by atoms with Gasteiger partial charge < -0.3 is 112 Å². The Balaban J connectivity index is 0.511. The van der Waals surface area contributed by atoms with Gasteiger partial charge in [-0.05, 0) is 173 Å². The zero-order valence-electron chi connectivity index (χ0n) is 71.2. The highest BCUT2D eigenvalue weighted by Crippen LogP contribution is 2.33. The van der Waals surface area contributed by atoms with Crippen LogP contribution in [0.2, 0.25) is 0 Å². The Hall–Kier alpha value is -10.8. The number of amides is 20. The molecule has 690 valence electrons. The third kappa shape index (κ3) is 20.9. The highest BCUT2D eigenvalue weighted by atomic mass is 32.1. The summed E-state index contributed by atoms with van der Waals surface area (Å²) in [7, 11) is 0. The smallest absolute Gasteiger partial charge is 0.322 e. The summed E-state index contributed by atoms with van der Waals surface area (Å²) in [6.07, 6.45) is 10.9. The van der Waals surface area contributed by atoms with Gasteiger partial charge in [-0.1, -0.05) is 0 Å². The van der Waals surface area contributed by atoms with E-state index in [9.17, 15) is 101 Å². The van der Waals surface area contributed by atoms with E-state index in [0.717, 1.165) is 13.0 Å². The SMILES string of the molecule is O=C(O)CNC(=O)[C@@H]1CCCN1C(=O)[C@@H]1CCCN1C(=O)CNC(=O)[C@@H]1CCCN1C(=O)[C@@H]1CCCN1C(=O)CNC(=O)[C@@H]1CCCN1C(=O)[C@@H]1CCCN1C(=O)CNC(=O)[C@H](CS)NC(=O)[C@@H]1CCCN1C(=O)CNC(=O)[C@@H]1CCCN1C(=O)[C@@H]1CCCN1C(=O)CNC(=O)[C@@H]1CCCN1C(=O)[C@@H]1CCCN1C(=O)CNC(=O)[C@@H]1CCCN1C(=O)[C@@H]1CCCN1. The summed E-state index contributed by atoms with van der Waals surface area (Å²) in [5.41, 5.74) is 0. The van der Waals surface area contributed by atoms with Crippen LogP contribution in [0, 0.1) is 0 Å². The van der Waals surface area contributed by atoms with Crippen molar-refractivity contribution < 1.29 is 106 Å². The van der Waals surface area contributed by atoms with Gasteiger partial charge in [0.1, 0.15) is 85.1 Å². The minimum absolute atomic E-state index is 0.125. The van der Waals surface area contributed by atoms with E-state index in [4.69, 9.17) is 5.11 Å². The number of rotatable bonds is 30. The second-order valence-electron chi connectivity index (χ2n) is 34.9. The maximum atomic E-state index is 14.4. The maximum Gasteiger partial charge on any atom is 0.322 e. The fourth-order valence-electron chi connectivity index (χ4n) is 20.9. The molecule has 0 radical (unpaired) electrons. The molecular formula is C82H119N21O22S. The van der Waals surface area contributed by atoms with Crippen LogP contribution in [0.5, 0.6) is 0 Å². The summed E-state index contributed by atoms with van der Waals surface area (Å²) in [6.45, 7) is -0.155. The van der Waals surface area contributed by atoms with Crippen molar-refractivity contribution in [2.75, 3.05) is 137 Å². The zero-order valence-corrected chi connectivity index (χ0v) is 72.0. The van der Waals surface area contributed by atoms with E-state index in [-0.39, 0.29) is 141 Å². The first kappa shape index (κ1) is 92.8. The number of carboxylic acids is 1. The summed E-state index contributed by atoms with van der Waals surface area (Å²) in [4.78, 5) is 304. The molecule has 0 unspecified atom stereocenters. The minimum Gasteiger partial charge on any atom is -0.480 e. The van der Waals surface area contributed by atoms with Crippen molar-refractivity contribution in [2.24, 2.45) is 0 Å². The van der Waals surface area contributed by atoms with Crippen molar-refractivity contribution in [1.29, 1.82) is 0 Å². The third-order valence-corrected chi connectivity index (χ3v) is 27.6. The predicted octanol–water partition coefficient (Wildman–Crippen LogP) is -7.06. The van der Waals surface area contributed by atoms with Crippen LogP contribution in [0.1, 0.15) is 167 Å². The molecular weight excluding hydrogens is 1660 g/mol. The number of hydrogen-bond acceptors (Lipinski definition) is 23. The number of hydrogen-bond donors (Lipinski definition) is 11. The van der Waals surface area contributed by atoms with E-state index >= 15 is 0 Å². The third-order valence-electron chi connectivity index (χ3n) is 27.3. The molecule has 0 aliphatic carbocycles. The summed E-state index contributed by atoms with van der Waals surface area (Å²) in [6, 6.07) is -12.8.